The minimum atomic E-state index is -0.245. The maximum Gasteiger partial charge on any atom is 0.124 e. The van der Waals surface area contributed by atoms with Gasteiger partial charge < -0.3 is 5.73 Å². The van der Waals surface area contributed by atoms with Crippen LogP contribution in [0.15, 0.2) is 46.5 Å². The molecule has 0 bridgehead atoms. The zero-order chi connectivity index (χ0) is 11.5. The SMILES string of the molecule is Cc1cnc(Sc2cccc(F)c2)cc1N. The average Bonchev–Trinajstić information content (AvgIpc) is 2.24. The van der Waals surface area contributed by atoms with Gasteiger partial charge in [0.05, 0.1) is 0 Å². The van der Waals surface area contributed by atoms with Crippen LogP contribution in [0, 0.1) is 12.7 Å². The van der Waals surface area contributed by atoms with E-state index in [2.05, 4.69) is 4.98 Å². The summed E-state index contributed by atoms with van der Waals surface area (Å²) in [5.74, 6) is -0.245. The molecule has 16 heavy (non-hydrogen) atoms. The molecule has 2 nitrogen and oxygen atoms in total. The first kappa shape index (κ1) is 11.0. The van der Waals surface area contributed by atoms with E-state index in [1.807, 2.05) is 13.0 Å². The van der Waals surface area contributed by atoms with Gasteiger partial charge in [0.15, 0.2) is 0 Å². The van der Waals surface area contributed by atoms with Crippen molar-refractivity contribution in [3.63, 3.8) is 0 Å². The Morgan fingerprint density at radius 1 is 1.31 bits per heavy atom. The summed E-state index contributed by atoms with van der Waals surface area (Å²) in [5, 5.41) is 0.772. The second-order valence-electron chi connectivity index (χ2n) is 3.44. The molecule has 2 aromatic rings. The van der Waals surface area contributed by atoms with Crippen LogP contribution < -0.4 is 5.73 Å². The molecule has 0 aliphatic heterocycles. The lowest BCUT2D eigenvalue weighted by atomic mass is 10.3. The van der Waals surface area contributed by atoms with Gasteiger partial charge in [0.1, 0.15) is 10.8 Å². The predicted octanol–water partition coefficient (Wildman–Crippen LogP) is 3.26. The molecule has 0 spiro atoms. The van der Waals surface area contributed by atoms with Crippen LogP contribution >= 0.6 is 11.8 Å². The van der Waals surface area contributed by atoms with Crippen molar-refractivity contribution in [2.24, 2.45) is 0 Å². The molecule has 2 rings (SSSR count). The van der Waals surface area contributed by atoms with E-state index in [4.69, 9.17) is 5.73 Å². The fraction of sp³-hybridized carbons (Fsp3) is 0.0833. The van der Waals surface area contributed by atoms with E-state index >= 15 is 0 Å². The van der Waals surface area contributed by atoms with Crippen molar-refractivity contribution in [2.75, 3.05) is 5.73 Å². The highest BCUT2D eigenvalue weighted by molar-refractivity contribution is 7.99. The van der Waals surface area contributed by atoms with Crippen LogP contribution in [0.2, 0.25) is 0 Å². The van der Waals surface area contributed by atoms with E-state index in [9.17, 15) is 4.39 Å². The highest BCUT2D eigenvalue weighted by Gasteiger charge is 2.02. The summed E-state index contributed by atoms with van der Waals surface area (Å²) < 4.78 is 13.0. The fourth-order valence-corrected chi connectivity index (χ4v) is 2.08. The number of nitrogens with zero attached hydrogens (tertiary/aromatic N) is 1. The highest BCUT2D eigenvalue weighted by atomic mass is 32.2. The molecule has 1 aromatic carbocycles. The minimum Gasteiger partial charge on any atom is -0.398 e. The van der Waals surface area contributed by atoms with Gasteiger partial charge in [-0.25, -0.2) is 9.37 Å². The third-order valence-electron chi connectivity index (χ3n) is 2.14. The number of hydrogen-bond acceptors (Lipinski definition) is 3. The molecule has 0 aliphatic carbocycles. The van der Waals surface area contributed by atoms with Gasteiger partial charge >= 0.3 is 0 Å². The molecule has 0 aliphatic rings. The third-order valence-corrected chi connectivity index (χ3v) is 3.06. The zero-order valence-electron chi connectivity index (χ0n) is 8.77. The minimum absolute atomic E-state index is 0.245. The van der Waals surface area contributed by atoms with Crippen molar-refractivity contribution in [2.45, 2.75) is 16.8 Å². The van der Waals surface area contributed by atoms with E-state index in [0.29, 0.717) is 5.69 Å². The van der Waals surface area contributed by atoms with Gasteiger partial charge in [-0.1, -0.05) is 17.8 Å². The van der Waals surface area contributed by atoms with Crippen LogP contribution in [0.1, 0.15) is 5.56 Å². The summed E-state index contributed by atoms with van der Waals surface area (Å²) in [5.41, 5.74) is 7.43. The normalized spacial score (nSPS) is 10.4. The molecule has 82 valence electrons. The predicted molar refractivity (Wildman–Crippen MR) is 63.9 cm³/mol. The molecule has 4 heteroatoms. The Labute approximate surface area is 97.7 Å². The molecule has 0 unspecified atom stereocenters. The van der Waals surface area contributed by atoms with Crippen molar-refractivity contribution < 1.29 is 4.39 Å². The molecule has 0 saturated carbocycles. The first-order chi connectivity index (χ1) is 7.65. The Balaban J connectivity index is 2.24. The van der Waals surface area contributed by atoms with E-state index in [0.717, 1.165) is 15.5 Å². The van der Waals surface area contributed by atoms with Crippen LogP contribution in [0.5, 0.6) is 0 Å². The van der Waals surface area contributed by atoms with Crippen molar-refractivity contribution >= 4 is 17.4 Å². The van der Waals surface area contributed by atoms with Crippen molar-refractivity contribution in [3.05, 3.63) is 47.9 Å². The molecule has 2 N–H and O–H groups in total. The number of benzene rings is 1. The molecule has 0 fully saturated rings. The summed E-state index contributed by atoms with van der Waals surface area (Å²) in [6.45, 7) is 1.90. The second-order valence-corrected chi connectivity index (χ2v) is 4.53. The molecule has 0 radical (unpaired) electrons. The lowest BCUT2D eigenvalue weighted by molar-refractivity contribution is 0.624. The molecule has 0 saturated heterocycles. The van der Waals surface area contributed by atoms with Gasteiger partial charge in [-0.3, -0.25) is 0 Å². The standard InChI is InChI=1S/C12H11FN2S/c1-8-7-15-12(6-11(8)14)16-10-4-2-3-9(13)5-10/h2-7H,1H3,(H2,14,15). The number of nitrogen functional groups attached to an aromatic ring is 1. The van der Waals surface area contributed by atoms with E-state index in [1.54, 1.807) is 18.3 Å². The maximum absolute atomic E-state index is 13.0. The van der Waals surface area contributed by atoms with Gasteiger partial charge in [0, 0.05) is 16.8 Å². The van der Waals surface area contributed by atoms with E-state index in [1.165, 1.54) is 23.9 Å². The van der Waals surface area contributed by atoms with Crippen LogP contribution in [0.3, 0.4) is 0 Å². The van der Waals surface area contributed by atoms with Crippen molar-refractivity contribution in [3.8, 4) is 0 Å². The summed E-state index contributed by atoms with van der Waals surface area (Å²) in [6, 6.07) is 8.20. The van der Waals surface area contributed by atoms with Gasteiger partial charge in [-0.05, 0) is 36.8 Å². The summed E-state index contributed by atoms with van der Waals surface area (Å²) in [4.78, 5) is 5.04. The first-order valence-electron chi connectivity index (χ1n) is 4.81. The Bertz CT molecular complexity index is 514. The Kier molecular flexibility index (Phi) is 3.10. The summed E-state index contributed by atoms with van der Waals surface area (Å²) in [7, 11) is 0. The van der Waals surface area contributed by atoms with Crippen LogP contribution in [0.4, 0.5) is 10.1 Å². The Hall–Kier alpha value is -1.55. The number of hydrogen-bond donors (Lipinski definition) is 1. The van der Waals surface area contributed by atoms with Crippen LogP contribution in [-0.4, -0.2) is 4.98 Å². The summed E-state index contributed by atoms with van der Waals surface area (Å²) in [6.07, 6.45) is 1.72. The maximum atomic E-state index is 13.0. The third kappa shape index (κ3) is 2.52. The number of pyridine rings is 1. The number of aromatic nitrogens is 1. The quantitative estimate of drug-likeness (QED) is 0.866. The number of anilines is 1. The van der Waals surface area contributed by atoms with Crippen LogP contribution in [-0.2, 0) is 0 Å². The number of aryl methyl sites for hydroxylation is 1. The molecular weight excluding hydrogens is 223 g/mol. The van der Waals surface area contributed by atoms with E-state index < -0.39 is 0 Å². The lowest BCUT2D eigenvalue weighted by Gasteiger charge is -2.03. The lowest BCUT2D eigenvalue weighted by Crippen LogP contribution is -1.91. The van der Waals surface area contributed by atoms with Gasteiger partial charge in [-0.2, -0.15) is 0 Å². The zero-order valence-corrected chi connectivity index (χ0v) is 9.59. The van der Waals surface area contributed by atoms with Gasteiger partial charge in [-0.15, -0.1) is 0 Å². The second kappa shape index (κ2) is 4.53. The Morgan fingerprint density at radius 3 is 2.81 bits per heavy atom. The number of halogens is 1. The highest BCUT2D eigenvalue weighted by Crippen LogP contribution is 2.28. The van der Waals surface area contributed by atoms with Crippen LogP contribution in [0.25, 0.3) is 0 Å². The first-order valence-corrected chi connectivity index (χ1v) is 5.62. The fourth-order valence-electron chi connectivity index (χ4n) is 1.23. The largest absolute Gasteiger partial charge is 0.398 e. The van der Waals surface area contributed by atoms with Gasteiger partial charge in [0.25, 0.3) is 0 Å². The Morgan fingerprint density at radius 2 is 2.12 bits per heavy atom. The van der Waals surface area contributed by atoms with Crippen molar-refractivity contribution in [1.29, 1.82) is 0 Å². The molecular formula is C12H11FN2S. The number of nitrogens with two attached hydrogens (primary N) is 1. The summed E-state index contributed by atoms with van der Waals surface area (Å²) >= 11 is 1.39. The smallest absolute Gasteiger partial charge is 0.124 e. The van der Waals surface area contributed by atoms with Crippen molar-refractivity contribution in [1.82, 2.24) is 4.98 Å². The molecule has 1 heterocycles. The monoisotopic (exact) mass is 234 g/mol. The topological polar surface area (TPSA) is 38.9 Å². The van der Waals surface area contributed by atoms with E-state index in [-0.39, 0.29) is 5.82 Å². The average molecular weight is 234 g/mol. The number of rotatable bonds is 2. The van der Waals surface area contributed by atoms with Gasteiger partial charge in [0.2, 0.25) is 0 Å². The molecule has 0 atom stereocenters. The molecule has 0 amide bonds. The molecule has 1 aromatic heterocycles.